The van der Waals surface area contributed by atoms with Gasteiger partial charge in [0.2, 0.25) is 0 Å². The van der Waals surface area contributed by atoms with Crippen molar-refractivity contribution in [1.82, 2.24) is 0 Å². The monoisotopic (exact) mass is 223 g/mol. The Morgan fingerprint density at radius 3 is 3.06 bits per heavy atom. The van der Waals surface area contributed by atoms with Crippen LogP contribution in [0.4, 0.5) is 10.1 Å². The number of carboxylic acid groups (broad SMARTS) is 1. The van der Waals surface area contributed by atoms with Crippen LogP contribution in [0.5, 0.6) is 0 Å². The van der Waals surface area contributed by atoms with E-state index in [1.165, 1.54) is 12.1 Å². The fourth-order valence-electron chi connectivity index (χ4n) is 2.26. The van der Waals surface area contributed by atoms with E-state index in [2.05, 4.69) is 0 Å². The van der Waals surface area contributed by atoms with Gasteiger partial charge in [0.15, 0.2) is 0 Å². The Kier molecular flexibility index (Phi) is 2.81. The predicted octanol–water partition coefficient (Wildman–Crippen LogP) is 2.22. The van der Waals surface area contributed by atoms with Crippen LogP contribution in [0.3, 0.4) is 0 Å². The smallest absolute Gasteiger partial charge is 0.303 e. The molecule has 2 rings (SSSR count). The number of benzene rings is 1. The van der Waals surface area contributed by atoms with Crippen LogP contribution in [-0.4, -0.2) is 24.7 Å². The van der Waals surface area contributed by atoms with Crippen LogP contribution in [0.2, 0.25) is 0 Å². The summed E-state index contributed by atoms with van der Waals surface area (Å²) in [6.45, 7) is 0.770. The van der Waals surface area contributed by atoms with Gasteiger partial charge in [0.25, 0.3) is 0 Å². The molecular formula is C12H14FNO2. The Bertz CT molecular complexity index is 419. The lowest BCUT2D eigenvalue weighted by Gasteiger charge is -2.11. The molecule has 1 N–H and O–H groups in total. The van der Waals surface area contributed by atoms with E-state index < -0.39 is 5.97 Å². The molecule has 0 spiro atoms. The molecule has 1 aliphatic rings. The minimum Gasteiger partial charge on any atom is -0.481 e. The normalized spacial score (nSPS) is 18.6. The number of nitrogens with zero attached hydrogens (tertiary/aromatic N) is 1. The lowest BCUT2D eigenvalue weighted by atomic mass is 9.96. The summed E-state index contributed by atoms with van der Waals surface area (Å²) in [5, 5.41) is 8.66. The highest BCUT2D eigenvalue weighted by molar-refractivity contribution is 5.67. The number of carbonyl (C=O) groups is 1. The fraction of sp³-hybridized carbons (Fsp3) is 0.417. The molecule has 0 saturated carbocycles. The second-order valence-corrected chi connectivity index (χ2v) is 4.21. The van der Waals surface area contributed by atoms with Crippen LogP contribution in [0.25, 0.3) is 0 Å². The van der Waals surface area contributed by atoms with E-state index in [-0.39, 0.29) is 18.2 Å². The first-order valence-corrected chi connectivity index (χ1v) is 5.30. The second-order valence-electron chi connectivity index (χ2n) is 4.21. The van der Waals surface area contributed by atoms with Crippen LogP contribution >= 0.6 is 0 Å². The summed E-state index contributed by atoms with van der Waals surface area (Å²) in [7, 11) is 1.90. The number of fused-ring (bicyclic) bond motifs is 1. The average molecular weight is 223 g/mol. The van der Waals surface area contributed by atoms with Crippen molar-refractivity contribution in [3.63, 3.8) is 0 Å². The third-order valence-corrected chi connectivity index (χ3v) is 3.04. The van der Waals surface area contributed by atoms with Crippen LogP contribution in [0.1, 0.15) is 24.3 Å². The molecule has 86 valence electrons. The molecule has 1 aromatic carbocycles. The van der Waals surface area contributed by atoms with E-state index in [0.717, 1.165) is 17.8 Å². The quantitative estimate of drug-likeness (QED) is 0.854. The summed E-state index contributed by atoms with van der Waals surface area (Å²) >= 11 is 0. The molecule has 0 saturated heterocycles. The summed E-state index contributed by atoms with van der Waals surface area (Å²) in [6.07, 6.45) is 0.771. The van der Waals surface area contributed by atoms with Gasteiger partial charge in [-0.3, -0.25) is 4.79 Å². The molecule has 0 bridgehead atoms. The third-order valence-electron chi connectivity index (χ3n) is 3.04. The van der Waals surface area contributed by atoms with Crippen LogP contribution in [-0.2, 0) is 4.79 Å². The van der Waals surface area contributed by atoms with Gasteiger partial charge >= 0.3 is 5.97 Å². The molecule has 1 aromatic rings. The number of halogens is 1. The number of carboxylic acids is 1. The Balaban J connectivity index is 2.19. The van der Waals surface area contributed by atoms with E-state index in [0.29, 0.717) is 6.42 Å². The zero-order valence-corrected chi connectivity index (χ0v) is 9.11. The maximum Gasteiger partial charge on any atom is 0.303 e. The Morgan fingerprint density at radius 2 is 2.38 bits per heavy atom. The SMILES string of the molecule is CN1CC(CCC(=O)O)c2ccc(F)cc21. The van der Waals surface area contributed by atoms with Crippen molar-refractivity contribution >= 4 is 11.7 Å². The minimum absolute atomic E-state index is 0.162. The zero-order chi connectivity index (χ0) is 11.7. The van der Waals surface area contributed by atoms with Gasteiger partial charge in [-0.2, -0.15) is 0 Å². The zero-order valence-electron chi connectivity index (χ0n) is 9.11. The van der Waals surface area contributed by atoms with E-state index in [4.69, 9.17) is 5.11 Å². The van der Waals surface area contributed by atoms with Crippen LogP contribution in [0, 0.1) is 5.82 Å². The Labute approximate surface area is 93.5 Å². The number of aliphatic carboxylic acids is 1. The highest BCUT2D eigenvalue weighted by atomic mass is 19.1. The maximum absolute atomic E-state index is 13.1. The van der Waals surface area contributed by atoms with Gasteiger partial charge < -0.3 is 10.0 Å². The summed E-state index contributed by atoms with van der Waals surface area (Å²) in [6, 6.07) is 4.71. The van der Waals surface area contributed by atoms with Gasteiger partial charge in [0.1, 0.15) is 5.82 Å². The minimum atomic E-state index is -0.779. The molecule has 0 aliphatic carbocycles. The van der Waals surface area contributed by atoms with Crippen molar-refractivity contribution in [3.8, 4) is 0 Å². The number of rotatable bonds is 3. The Morgan fingerprint density at radius 1 is 1.62 bits per heavy atom. The van der Waals surface area contributed by atoms with Gasteiger partial charge in [-0.25, -0.2) is 4.39 Å². The molecule has 1 aliphatic heterocycles. The topological polar surface area (TPSA) is 40.5 Å². The average Bonchev–Trinajstić information content (AvgIpc) is 2.53. The van der Waals surface area contributed by atoms with Gasteiger partial charge in [-0.05, 0) is 24.1 Å². The number of anilines is 1. The molecule has 1 heterocycles. The first-order valence-electron chi connectivity index (χ1n) is 5.30. The first kappa shape index (κ1) is 10.9. The first-order chi connectivity index (χ1) is 7.58. The van der Waals surface area contributed by atoms with Crippen molar-refractivity contribution in [1.29, 1.82) is 0 Å². The second kappa shape index (κ2) is 4.12. The largest absolute Gasteiger partial charge is 0.481 e. The summed E-state index contributed by atoms with van der Waals surface area (Å²) < 4.78 is 13.1. The number of hydrogen-bond donors (Lipinski definition) is 1. The summed E-state index contributed by atoms with van der Waals surface area (Å²) in [4.78, 5) is 12.5. The van der Waals surface area contributed by atoms with E-state index in [1.807, 2.05) is 11.9 Å². The highest BCUT2D eigenvalue weighted by Gasteiger charge is 2.26. The molecule has 0 fully saturated rings. The standard InChI is InChI=1S/C12H14FNO2/c1-14-7-8(2-5-12(15)16)10-4-3-9(13)6-11(10)14/h3-4,6,8H,2,5,7H2,1H3,(H,15,16). The van der Waals surface area contributed by atoms with Crippen LogP contribution < -0.4 is 4.90 Å². The van der Waals surface area contributed by atoms with Crippen molar-refractivity contribution in [2.24, 2.45) is 0 Å². The molecule has 0 amide bonds. The lowest BCUT2D eigenvalue weighted by molar-refractivity contribution is -0.137. The van der Waals surface area contributed by atoms with Crippen molar-refractivity contribution < 1.29 is 14.3 Å². The predicted molar refractivity (Wildman–Crippen MR) is 59.3 cm³/mol. The molecular weight excluding hydrogens is 209 g/mol. The fourth-order valence-corrected chi connectivity index (χ4v) is 2.26. The molecule has 0 radical (unpaired) electrons. The van der Waals surface area contributed by atoms with Gasteiger partial charge in [-0.15, -0.1) is 0 Å². The van der Waals surface area contributed by atoms with Gasteiger partial charge in [0.05, 0.1) is 0 Å². The van der Waals surface area contributed by atoms with E-state index in [1.54, 1.807) is 6.07 Å². The molecule has 1 atom stereocenters. The van der Waals surface area contributed by atoms with Crippen molar-refractivity contribution in [2.45, 2.75) is 18.8 Å². The van der Waals surface area contributed by atoms with Crippen molar-refractivity contribution in [2.75, 3.05) is 18.5 Å². The van der Waals surface area contributed by atoms with Gasteiger partial charge in [0, 0.05) is 31.6 Å². The van der Waals surface area contributed by atoms with Crippen molar-refractivity contribution in [3.05, 3.63) is 29.6 Å². The number of likely N-dealkylation sites (N-methyl/N-ethyl adjacent to an activating group) is 1. The molecule has 4 heteroatoms. The van der Waals surface area contributed by atoms with Crippen LogP contribution in [0.15, 0.2) is 18.2 Å². The molecule has 3 nitrogen and oxygen atoms in total. The third kappa shape index (κ3) is 2.01. The summed E-state index contributed by atoms with van der Waals surface area (Å²) in [5.41, 5.74) is 1.94. The van der Waals surface area contributed by atoms with Gasteiger partial charge in [-0.1, -0.05) is 6.07 Å². The van der Waals surface area contributed by atoms with E-state index in [9.17, 15) is 9.18 Å². The molecule has 16 heavy (non-hydrogen) atoms. The highest BCUT2D eigenvalue weighted by Crippen LogP contribution is 2.37. The lowest BCUT2D eigenvalue weighted by Crippen LogP contribution is -2.15. The number of hydrogen-bond acceptors (Lipinski definition) is 2. The Hall–Kier alpha value is -1.58. The van der Waals surface area contributed by atoms with E-state index >= 15 is 0 Å². The molecule has 1 unspecified atom stereocenters. The maximum atomic E-state index is 13.1. The summed E-state index contributed by atoms with van der Waals surface area (Å²) in [5.74, 6) is -0.820. The molecule has 0 aromatic heterocycles.